The molecule has 1 aliphatic carbocycles. The molecule has 4 heteroatoms. The zero-order valence-corrected chi connectivity index (χ0v) is 9.11. The predicted octanol–water partition coefficient (Wildman–Crippen LogP) is 1.91. The van der Waals surface area contributed by atoms with Crippen LogP contribution in [0.2, 0.25) is 0 Å². The van der Waals surface area contributed by atoms with E-state index in [-0.39, 0.29) is 0 Å². The molecule has 2 unspecified atom stereocenters. The molecule has 3 N–H and O–H groups in total. The van der Waals surface area contributed by atoms with Crippen LogP contribution in [0.25, 0.3) is 0 Å². The first-order chi connectivity index (χ1) is 7.24. The van der Waals surface area contributed by atoms with E-state index >= 15 is 0 Å². The van der Waals surface area contributed by atoms with E-state index in [0.717, 1.165) is 24.2 Å². The number of anilines is 2. The van der Waals surface area contributed by atoms with Crippen LogP contribution in [0.4, 0.5) is 11.6 Å². The molecule has 0 aliphatic heterocycles. The van der Waals surface area contributed by atoms with E-state index in [1.54, 1.807) is 6.07 Å². The number of rotatable bonds is 3. The van der Waals surface area contributed by atoms with Crippen molar-refractivity contribution in [3.8, 4) is 0 Å². The summed E-state index contributed by atoms with van der Waals surface area (Å²) < 4.78 is 0. The molecule has 0 saturated heterocycles. The van der Waals surface area contributed by atoms with Crippen molar-refractivity contribution in [1.82, 2.24) is 9.97 Å². The first kappa shape index (κ1) is 10.2. The Bertz CT molecular complexity index is 326. The molecule has 1 aromatic heterocycles. The van der Waals surface area contributed by atoms with Gasteiger partial charge in [0.05, 0.1) is 0 Å². The van der Waals surface area contributed by atoms with Crippen molar-refractivity contribution >= 4 is 11.6 Å². The summed E-state index contributed by atoms with van der Waals surface area (Å²) in [7, 11) is 0. The molecule has 0 bridgehead atoms. The highest BCUT2D eigenvalue weighted by Crippen LogP contribution is 2.30. The summed E-state index contributed by atoms with van der Waals surface area (Å²) in [5, 5.41) is 3.32. The van der Waals surface area contributed by atoms with Crippen LogP contribution >= 0.6 is 0 Å². The fourth-order valence-corrected chi connectivity index (χ4v) is 2.23. The fourth-order valence-electron chi connectivity index (χ4n) is 2.23. The average Bonchev–Trinajstić information content (AvgIpc) is 2.62. The summed E-state index contributed by atoms with van der Waals surface area (Å²) in [5.74, 6) is 3.03. The summed E-state index contributed by atoms with van der Waals surface area (Å²) in [5.41, 5.74) is 5.57. The maximum absolute atomic E-state index is 5.57. The smallest absolute Gasteiger partial charge is 0.131 e. The molecule has 1 aliphatic rings. The van der Waals surface area contributed by atoms with Gasteiger partial charge >= 0.3 is 0 Å². The molecule has 1 heterocycles. The summed E-state index contributed by atoms with van der Waals surface area (Å²) in [6, 6.07) is 1.78. The molecular weight excluding hydrogens is 188 g/mol. The second-order valence-electron chi connectivity index (χ2n) is 4.49. The van der Waals surface area contributed by atoms with Crippen molar-refractivity contribution in [1.29, 1.82) is 0 Å². The molecule has 0 radical (unpaired) electrons. The molecule has 1 aromatic rings. The van der Waals surface area contributed by atoms with Crippen LogP contribution in [0.3, 0.4) is 0 Å². The van der Waals surface area contributed by atoms with Crippen LogP contribution in [-0.4, -0.2) is 16.5 Å². The molecular formula is C11H18N4. The third-order valence-electron chi connectivity index (χ3n) is 3.06. The van der Waals surface area contributed by atoms with Gasteiger partial charge in [-0.15, -0.1) is 0 Å². The molecule has 2 rings (SSSR count). The second-order valence-corrected chi connectivity index (χ2v) is 4.49. The van der Waals surface area contributed by atoms with Crippen LogP contribution in [0, 0.1) is 11.8 Å². The van der Waals surface area contributed by atoms with Crippen molar-refractivity contribution in [3.05, 3.63) is 12.4 Å². The van der Waals surface area contributed by atoms with Crippen LogP contribution in [-0.2, 0) is 0 Å². The van der Waals surface area contributed by atoms with Crippen LogP contribution < -0.4 is 11.1 Å². The SMILES string of the molecule is CC1CCC(CNc2cc(N)ncn2)C1. The summed E-state index contributed by atoms with van der Waals surface area (Å²) in [6.45, 7) is 3.32. The molecule has 2 atom stereocenters. The molecule has 4 nitrogen and oxygen atoms in total. The molecule has 15 heavy (non-hydrogen) atoms. The maximum atomic E-state index is 5.57. The Morgan fingerprint density at radius 3 is 3.00 bits per heavy atom. The van der Waals surface area contributed by atoms with E-state index in [2.05, 4.69) is 22.2 Å². The monoisotopic (exact) mass is 206 g/mol. The molecule has 0 aromatic carbocycles. The lowest BCUT2D eigenvalue weighted by molar-refractivity contribution is 0.536. The zero-order chi connectivity index (χ0) is 10.7. The van der Waals surface area contributed by atoms with E-state index in [0.29, 0.717) is 5.82 Å². The standard InChI is InChI=1S/C11H18N4/c1-8-2-3-9(4-8)6-13-11-5-10(12)14-7-15-11/h5,7-9H,2-4,6H2,1H3,(H3,12,13,14,15). The quantitative estimate of drug-likeness (QED) is 0.793. The number of nitrogens with one attached hydrogen (secondary N) is 1. The lowest BCUT2D eigenvalue weighted by Gasteiger charge is -2.11. The third kappa shape index (κ3) is 2.81. The number of nitrogens with zero attached hydrogens (tertiary/aromatic N) is 2. The average molecular weight is 206 g/mol. The maximum Gasteiger partial charge on any atom is 0.131 e. The minimum Gasteiger partial charge on any atom is -0.384 e. The predicted molar refractivity (Wildman–Crippen MR) is 61.4 cm³/mol. The first-order valence-corrected chi connectivity index (χ1v) is 5.55. The number of nitrogens with two attached hydrogens (primary N) is 1. The topological polar surface area (TPSA) is 63.8 Å². The lowest BCUT2D eigenvalue weighted by Crippen LogP contribution is -2.12. The van der Waals surface area contributed by atoms with Gasteiger partial charge in [0, 0.05) is 12.6 Å². The Balaban J connectivity index is 1.83. The van der Waals surface area contributed by atoms with Gasteiger partial charge in [0.1, 0.15) is 18.0 Å². The minimum atomic E-state index is 0.521. The Kier molecular flexibility index (Phi) is 3.04. The molecule has 0 spiro atoms. The Hall–Kier alpha value is -1.32. The highest BCUT2D eigenvalue weighted by atomic mass is 15.0. The van der Waals surface area contributed by atoms with Crippen molar-refractivity contribution in [2.45, 2.75) is 26.2 Å². The van der Waals surface area contributed by atoms with E-state index in [1.807, 2.05) is 0 Å². The Labute approximate surface area is 90.3 Å². The van der Waals surface area contributed by atoms with E-state index in [4.69, 9.17) is 5.73 Å². The Morgan fingerprint density at radius 1 is 1.47 bits per heavy atom. The van der Waals surface area contributed by atoms with Crippen LogP contribution in [0.5, 0.6) is 0 Å². The van der Waals surface area contributed by atoms with Crippen molar-refractivity contribution in [2.75, 3.05) is 17.6 Å². The fraction of sp³-hybridized carbons (Fsp3) is 0.636. The van der Waals surface area contributed by atoms with E-state index < -0.39 is 0 Å². The third-order valence-corrected chi connectivity index (χ3v) is 3.06. The number of aromatic nitrogens is 2. The van der Waals surface area contributed by atoms with Crippen molar-refractivity contribution in [3.63, 3.8) is 0 Å². The van der Waals surface area contributed by atoms with Gasteiger partial charge < -0.3 is 11.1 Å². The van der Waals surface area contributed by atoms with Gasteiger partial charge in [0.25, 0.3) is 0 Å². The van der Waals surface area contributed by atoms with Gasteiger partial charge in [-0.1, -0.05) is 13.3 Å². The summed E-state index contributed by atoms with van der Waals surface area (Å²) in [6.07, 6.45) is 5.51. The van der Waals surface area contributed by atoms with Crippen LogP contribution in [0.1, 0.15) is 26.2 Å². The molecule has 82 valence electrons. The molecule has 0 amide bonds. The minimum absolute atomic E-state index is 0.521. The summed E-state index contributed by atoms with van der Waals surface area (Å²) >= 11 is 0. The first-order valence-electron chi connectivity index (χ1n) is 5.55. The van der Waals surface area contributed by atoms with Gasteiger partial charge in [0.15, 0.2) is 0 Å². The van der Waals surface area contributed by atoms with Gasteiger partial charge in [0.2, 0.25) is 0 Å². The Morgan fingerprint density at radius 2 is 2.33 bits per heavy atom. The van der Waals surface area contributed by atoms with Crippen LogP contribution in [0.15, 0.2) is 12.4 Å². The summed E-state index contributed by atoms with van der Waals surface area (Å²) in [4.78, 5) is 7.98. The van der Waals surface area contributed by atoms with E-state index in [9.17, 15) is 0 Å². The number of nitrogen functional groups attached to an aromatic ring is 1. The number of hydrogen-bond donors (Lipinski definition) is 2. The van der Waals surface area contributed by atoms with Gasteiger partial charge in [-0.05, 0) is 24.7 Å². The van der Waals surface area contributed by atoms with Gasteiger partial charge in [-0.2, -0.15) is 0 Å². The van der Waals surface area contributed by atoms with Crippen molar-refractivity contribution in [2.24, 2.45) is 11.8 Å². The molecule has 1 saturated carbocycles. The largest absolute Gasteiger partial charge is 0.384 e. The highest BCUT2D eigenvalue weighted by molar-refractivity contribution is 5.43. The van der Waals surface area contributed by atoms with Gasteiger partial charge in [-0.25, -0.2) is 9.97 Å². The molecule has 1 fully saturated rings. The number of hydrogen-bond acceptors (Lipinski definition) is 4. The van der Waals surface area contributed by atoms with Crippen molar-refractivity contribution < 1.29 is 0 Å². The van der Waals surface area contributed by atoms with Gasteiger partial charge in [-0.3, -0.25) is 0 Å². The lowest BCUT2D eigenvalue weighted by atomic mass is 10.1. The van der Waals surface area contributed by atoms with E-state index in [1.165, 1.54) is 25.6 Å². The normalized spacial score (nSPS) is 25.4. The zero-order valence-electron chi connectivity index (χ0n) is 9.11. The highest BCUT2D eigenvalue weighted by Gasteiger charge is 2.20. The second kappa shape index (κ2) is 4.47.